The number of aliphatic imine (C=N–C) groups is 1. The van der Waals surface area contributed by atoms with Crippen molar-refractivity contribution < 1.29 is 19.1 Å². The lowest BCUT2D eigenvalue weighted by Crippen LogP contribution is -2.30. The molecule has 0 bridgehead atoms. The zero-order chi connectivity index (χ0) is 26.5. The molecule has 0 atom stereocenters. The summed E-state index contributed by atoms with van der Waals surface area (Å²) in [5.41, 5.74) is 3.97. The number of amides is 1. The molecule has 190 valence electrons. The van der Waals surface area contributed by atoms with Crippen LogP contribution in [0.3, 0.4) is 0 Å². The summed E-state index contributed by atoms with van der Waals surface area (Å²) in [4.78, 5) is 39.4. The lowest BCUT2D eigenvalue weighted by Gasteiger charge is -2.20. The van der Waals surface area contributed by atoms with Gasteiger partial charge in [-0.15, -0.1) is 0 Å². The van der Waals surface area contributed by atoms with Crippen LogP contribution in [-0.4, -0.2) is 73.4 Å². The van der Waals surface area contributed by atoms with Gasteiger partial charge in [0.15, 0.2) is 12.1 Å². The van der Waals surface area contributed by atoms with Crippen LogP contribution >= 0.6 is 0 Å². The van der Waals surface area contributed by atoms with E-state index in [1.165, 1.54) is 0 Å². The molecule has 3 rings (SSSR count). The highest BCUT2D eigenvalue weighted by Gasteiger charge is 2.13. The minimum absolute atomic E-state index is 0.0992. The van der Waals surface area contributed by atoms with Crippen molar-refractivity contribution in [3.05, 3.63) is 71.5 Å². The van der Waals surface area contributed by atoms with Crippen LogP contribution < -0.4 is 10.6 Å². The SMILES string of the molecule is CNc1cccc(C(C)=O)c1.COCCN(C)C(=Nc1ccc(NC=O)cc1C=O)c1cnn(C)c1. The Labute approximate surface area is 211 Å². The van der Waals surface area contributed by atoms with Gasteiger partial charge in [-0.25, -0.2) is 4.99 Å². The highest BCUT2D eigenvalue weighted by atomic mass is 16.5. The van der Waals surface area contributed by atoms with Crippen molar-refractivity contribution in [3.63, 3.8) is 0 Å². The van der Waals surface area contributed by atoms with Crippen molar-refractivity contribution in [2.75, 3.05) is 45.0 Å². The molecule has 0 aliphatic rings. The number of aromatic nitrogens is 2. The number of aryl methyl sites for hydroxylation is 1. The largest absolute Gasteiger partial charge is 0.388 e. The molecule has 0 aliphatic carbocycles. The molecule has 2 aromatic carbocycles. The van der Waals surface area contributed by atoms with Gasteiger partial charge in [0.25, 0.3) is 0 Å². The minimum atomic E-state index is 0.0992. The van der Waals surface area contributed by atoms with Crippen LogP contribution in [0.25, 0.3) is 0 Å². The van der Waals surface area contributed by atoms with Gasteiger partial charge >= 0.3 is 0 Å². The topological polar surface area (TPSA) is 118 Å². The molecule has 0 fully saturated rings. The van der Waals surface area contributed by atoms with Gasteiger partial charge in [0.05, 0.1) is 24.1 Å². The highest BCUT2D eigenvalue weighted by Crippen LogP contribution is 2.23. The van der Waals surface area contributed by atoms with E-state index in [4.69, 9.17) is 4.74 Å². The van der Waals surface area contributed by atoms with Crippen LogP contribution in [0.4, 0.5) is 17.1 Å². The first kappa shape index (κ1) is 27.9. The van der Waals surface area contributed by atoms with Crippen molar-refractivity contribution in [3.8, 4) is 0 Å². The number of carbonyl (C=O) groups is 3. The van der Waals surface area contributed by atoms with E-state index in [1.807, 2.05) is 56.5 Å². The maximum atomic E-state index is 11.4. The summed E-state index contributed by atoms with van der Waals surface area (Å²) in [5, 5.41) is 9.67. The predicted molar refractivity (Wildman–Crippen MR) is 141 cm³/mol. The van der Waals surface area contributed by atoms with Crippen molar-refractivity contribution in [2.24, 2.45) is 12.0 Å². The summed E-state index contributed by atoms with van der Waals surface area (Å²) >= 11 is 0. The predicted octanol–water partition coefficient (Wildman–Crippen LogP) is 3.39. The molecule has 10 nitrogen and oxygen atoms in total. The van der Waals surface area contributed by atoms with Gasteiger partial charge in [0.2, 0.25) is 6.41 Å². The Morgan fingerprint density at radius 2 is 1.94 bits per heavy atom. The Kier molecular flexibility index (Phi) is 11.0. The summed E-state index contributed by atoms with van der Waals surface area (Å²) in [6, 6.07) is 12.4. The van der Waals surface area contributed by atoms with Gasteiger partial charge in [-0.05, 0) is 37.3 Å². The van der Waals surface area contributed by atoms with Crippen molar-refractivity contribution in [1.29, 1.82) is 0 Å². The number of hydrogen-bond donors (Lipinski definition) is 2. The lowest BCUT2D eigenvalue weighted by molar-refractivity contribution is -0.105. The van der Waals surface area contributed by atoms with Gasteiger partial charge in [0, 0.05) is 63.5 Å². The quantitative estimate of drug-likeness (QED) is 0.193. The first-order valence-electron chi connectivity index (χ1n) is 11.2. The number of Topliss-reactive ketones (excluding diaryl/α,β-unsaturated/α-hetero) is 1. The fourth-order valence-corrected chi connectivity index (χ4v) is 3.16. The Hall–Kier alpha value is -4.31. The smallest absolute Gasteiger partial charge is 0.211 e. The number of rotatable bonds is 10. The van der Waals surface area contributed by atoms with Gasteiger partial charge in [-0.2, -0.15) is 5.10 Å². The molecule has 1 heterocycles. The second-order valence-corrected chi connectivity index (χ2v) is 7.79. The van der Waals surface area contributed by atoms with Gasteiger partial charge in [-0.3, -0.25) is 19.1 Å². The molecule has 0 saturated carbocycles. The number of likely N-dealkylation sites (N-methyl/N-ethyl adjacent to an activating group) is 1. The maximum absolute atomic E-state index is 11.4. The molecule has 0 unspecified atom stereocenters. The van der Waals surface area contributed by atoms with Gasteiger partial charge in [-0.1, -0.05) is 12.1 Å². The number of carbonyl (C=O) groups excluding carboxylic acids is 3. The molecule has 2 N–H and O–H groups in total. The third-order valence-electron chi connectivity index (χ3n) is 5.12. The first-order valence-corrected chi connectivity index (χ1v) is 11.2. The molecule has 0 aliphatic heterocycles. The molecule has 1 amide bonds. The number of hydrogen-bond acceptors (Lipinski definition) is 7. The molecular weight excluding hydrogens is 460 g/mol. The van der Waals surface area contributed by atoms with Crippen LogP contribution in [0.15, 0.2) is 59.9 Å². The summed E-state index contributed by atoms with van der Waals surface area (Å²) < 4.78 is 6.81. The van der Waals surface area contributed by atoms with Crippen molar-refractivity contribution in [1.82, 2.24) is 14.7 Å². The van der Waals surface area contributed by atoms with Crippen molar-refractivity contribution >= 4 is 41.4 Å². The van der Waals surface area contributed by atoms with Crippen LogP contribution in [0, 0.1) is 0 Å². The summed E-state index contributed by atoms with van der Waals surface area (Å²) in [5.74, 6) is 0.770. The number of methoxy groups -OCH3 is 1. The molecule has 3 aromatic rings. The molecule has 10 heteroatoms. The first-order chi connectivity index (χ1) is 17.3. The average Bonchev–Trinajstić information content (AvgIpc) is 3.32. The zero-order valence-electron chi connectivity index (χ0n) is 21.2. The monoisotopic (exact) mass is 492 g/mol. The normalized spacial score (nSPS) is 10.6. The van der Waals surface area contributed by atoms with Gasteiger partial charge < -0.3 is 20.3 Å². The van der Waals surface area contributed by atoms with E-state index in [2.05, 4.69) is 20.7 Å². The standard InChI is InChI=1S/C17H21N5O3.C9H11NO/c1-21(6-7-25-3)17(14-9-19-22(2)10-14)20-16-5-4-15(18-12-24)8-13(16)11-23;1-7(11)8-4-3-5-9(6-8)10-2/h4-5,8-12H,6-7H2,1-3H3,(H,18,24);3-6,10H,1-2H3. The fourth-order valence-electron chi connectivity index (χ4n) is 3.16. The Morgan fingerprint density at radius 3 is 2.53 bits per heavy atom. The van der Waals surface area contributed by atoms with Crippen molar-refractivity contribution in [2.45, 2.75) is 6.92 Å². The minimum Gasteiger partial charge on any atom is -0.388 e. The summed E-state index contributed by atoms with van der Waals surface area (Å²) in [6.45, 7) is 2.73. The van der Waals surface area contributed by atoms with E-state index in [0.717, 1.165) is 16.8 Å². The third kappa shape index (κ3) is 8.17. The van der Waals surface area contributed by atoms with E-state index in [-0.39, 0.29) is 5.78 Å². The van der Waals surface area contributed by atoms with Crippen LogP contribution in [-0.2, 0) is 16.6 Å². The molecule has 36 heavy (non-hydrogen) atoms. The van der Waals surface area contributed by atoms with Crippen LogP contribution in [0.2, 0.25) is 0 Å². The number of aldehydes is 1. The second-order valence-electron chi connectivity index (χ2n) is 7.79. The number of amidine groups is 1. The molecule has 0 radical (unpaired) electrons. The lowest BCUT2D eigenvalue weighted by atomic mass is 10.1. The van der Waals surface area contributed by atoms with Gasteiger partial charge in [0.1, 0.15) is 5.84 Å². The Bertz CT molecular complexity index is 1200. The molecular formula is C26H32N6O4. The molecule has 0 spiro atoms. The summed E-state index contributed by atoms with van der Waals surface area (Å²) in [7, 11) is 7.19. The highest BCUT2D eigenvalue weighted by molar-refractivity contribution is 6.01. The second kappa shape index (κ2) is 14.2. The fraction of sp³-hybridized carbons (Fsp3) is 0.269. The van der Waals surface area contributed by atoms with E-state index < -0.39 is 0 Å². The number of ketones is 1. The van der Waals surface area contributed by atoms with Crippen LogP contribution in [0.5, 0.6) is 0 Å². The summed E-state index contributed by atoms with van der Waals surface area (Å²) in [6.07, 6.45) is 4.84. The van der Waals surface area contributed by atoms with E-state index >= 15 is 0 Å². The van der Waals surface area contributed by atoms with E-state index in [0.29, 0.717) is 48.6 Å². The zero-order valence-corrected chi connectivity index (χ0v) is 21.2. The molecule has 0 saturated heterocycles. The van der Waals surface area contributed by atoms with E-state index in [1.54, 1.807) is 43.1 Å². The number of anilines is 2. The number of nitrogens with one attached hydrogen (secondary N) is 2. The average molecular weight is 493 g/mol. The van der Waals surface area contributed by atoms with E-state index in [9.17, 15) is 14.4 Å². The number of benzene rings is 2. The maximum Gasteiger partial charge on any atom is 0.211 e. The Morgan fingerprint density at radius 1 is 1.17 bits per heavy atom. The third-order valence-corrected chi connectivity index (χ3v) is 5.12. The number of ether oxygens (including phenoxy) is 1. The molecule has 1 aromatic heterocycles. The Balaban J connectivity index is 0.000000346. The van der Waals surface area contributed by atoms with Crippen LogP contribution in [0.1, 0.15) is 33.2 Å². The number of nitrogens with zero attached hydrogens (tertiary/aromatic N) is 4.